The van der Waals surface area contributed by atoms with Crippen molar-refractivity contribution >= 4 is 53.3 Å². The lowest BCUT2D eigenvalue weighted by atomic mass is 9.98. The highest BCUT2D eigenvalue weighted by atomic mass is 16.4. The number of carbonyl (C=O) groups excluding carboxylic acids is 6. The summed E-state index contributed by atoms with van der Waals surface area (Å²) in [6.45, 7) is 8.29. The fraction of sp³-hybridized carbons (Fsp3) is 0.489. The van der Waals surface area contributed by atoms with E-state index in [1.54, 1.807) is 70.2 Å². The summed E-state index contributed by atoms with van der Waals surface area (Å²) in [7, 11) is 0. The van der Waals surface area contributed by atoms with Crippen molar-refractivity contribution in [1.82, 2.24) is 41.5 Å². The third kappa shape index (κ3) is 20.1. The van der Waals surface area contributed by atoms with Crippen LogP contribution in [0.3, 0.4) is 0 Å². The molecule has 24 heteroatoms. The molecule has 1 aliphatic rings. The Morgan fingerprint density at radius 1 is 0.761 bits per heavy atom. The maximum Gasteiger partial charge on any atom is 0.326 e. The molecule has 1 aromatic heterocycles. The third-order valence-corrected chi connectivity index (χ3v) is 11.1. The van der Waals surface area contributed by atoms with Crippen LogP contribution < -0.4 is 43.8 Å². The molecule has 0 radical (unpaired) electrons. The van der Waals surface area contributed by atoms with E-state index >= 15 is 0 Å². The van der Waals surface area contributed by atoms with Crippen LogP contribution in [-0.4, -0.2) is 144 Å². The van der Waals surface area contributed by atoms with Crippen LogP contribution in [0.25, 0.3) is 0 Å². The number of nitrogens with two attached hydrogens (primary N) is 3. The zero-order chi connectivity index (χ0) is 52.1. The van der Waals surface area contributed by atoms with Gasteiger partial charge in [0.25, 0.3) is 5.97 Å². The van der Waals surface area contributed by atoms with Crippen LogP contribution in [0.2, 0.25) is 0 Å². The Kier molecular flexibility index (Phi) is 24.7. The highest BCUT2D eigenvalue weighted by Gasteiger charge is 2.40. The number of aliphatic carboxylic acids is 2. The number of H-pyrrole nitrogens is 1. The number of nitrogens with one attached hydrogen (secondary N) is 6. The van der Waals surface area contributed by atoms with Gasteiger partial charge in [0.1, 0.15) is 42.0 Å². The summed E-state index contributed by atoms with van der Waals surface area (Å²) < 4.78 is 0. The summed E-state index contributed by atoms with van der Waals surface area (Å²) in [4.78, 5) is 117. The van der Waals surface area contributed by atoms with Gasteiger partial charge in [-0.3, -0.25) is 38.6 Å². The number of aromatic nitrogens is 2. The van der Waals surface area contributed by atoms with Crippen molar-refractivity contribution in [3.05, 3.63) is 83.9 Å². The lowest BCUT2D eigenvalue weighted by Crippen LogP contribution is -2.61. The first-order chi connectivity index (χ1) is 33.1. The quantitative estimate of drug-likeness (QED) is 0.0279. The van der Waals surface area contributed by atoms with Crippen molar-refractivity contribution in [2.75, 3.05) is 13.1 Å². The van der Waals surface area contributed by atoms with Crippen LogP contribution in [0.1, 0.15) is 77.1 Å². The van der Waals surface area contributed by atoms with Gasteiger partial charge in [-0.25, -0.2) is 9.78 Å². The Bertz CT molecular complexity index is 2240. The van der Waals surface area contributed by atoms with Crippen molar-refractivity contribution < 1.29 is 59.2 Å². The Balaban J connectivity index is 0.00000332. The molecule has 3 aromatic rings. The number of nitrogens with zero attached hydrogens (tertiary/aromatic N) is 3. The first-order valence-electron chi connectivity index (χ1n) is 22.9. The third-order valence-electron chi connectivity index (χ3n) is 11.1. The van der Waals surface area contributed by atoms with Gasteiger partial charge in [-0.2, -0.15) is 0 Å². The SMILES string of the molecule is CC(=O)O.CC(C)[C@H](NC(=O)[C@H](Cc1ccc(O)cc1)NC(=O)[C@@H](NC(=O)[C@@H](N)CCCN=C(N)N)C(C)C)C(=O)N[C@@H](Cc1cnc[nH]1)C(=O)N1CCC[C@H]1C(=O)N[C@@H](Cc1ccccc1)C(=O)O.O. The Hall–Kier alpha value is -7.60. The number of carbonyl (C=O) groups is 8. The van der Waals surface area contributed by atoms with E-state index in [4.69, 9.17) is 27.1 Å². The number of phenolic OH excluding ortho intramolecular Hbond substituents is 1. The smallest absolute Gasteiger partial charge is 0.326 e. The second-order valence-electron chi connectivity index (χ2n) is 17.6. The minimum Gasteiger partial charge on any atom is -0.508 e. The lowest BCUT2D eigenvalue weighted by Gasteiger charge is -2.31. The molecule has 7 atom stereocenters. The first kappa shape index (κ1) is 59.5. The number of benzene rings is 2. The van der Waals surface area contributed by atoms with E-state index < -0.39 is 102 Å². The van der Waals surface area contributed by atoms with Gasteiger partial charge in [0.2, 0.25) is 35.4 Å². The van der Waals surface area contributed by atoms with E-state index in [2.05, 4.69) is 41.5 Å². The summed E-state index contributed by atoms with van der Waals surface area (Å²) in [6.07, 6.45) is 4.10. The second kappa shape index (κ2) is 29.4. The highest BCUT2D eigenvalue weighted by molar-refractivity contribution is 5.97. The molecule has 0 saturated carbocycles. The number of amides is 6. The average Bonchev–Trinajstić information content (AvgIpc) is 4.01. The van der Waals surface area contributed by atoms with Crippen molar-refractivity contribution in [3.63, 3.8) is 0 Å². The van der Waals surface area contributed by atoms with Crippen LogP contribution in [0.5, 0.6) is 5.75 Å². The minimum absolute atomic E-state index is 0. The average molecular weight is 995 g/mol. The van der Waals surface area contributed by atoms with Crippen LogP contribution in [0.4, 0.5) is 0 Å². The molecule has 1 saturated heterocycles. The molecule has 24 nitrogen and oxygen atoms in total. The maximum atomic E-state index is 14.4. The van der Waals surface area contributed by atoms with Crippen LogP contribution in [0, 0.1) is 11.8 Å². The molecule has 4 rings (SSSR count). The maximum absolute atomic E-state index is 14.4. The molecule has 6 amide bonds. The molecule has 0 spiro atoms. The molecule has 2 heterocycles. The van der Waals surface area contributed by atoms with Crippen molar-refractivity contribution in [1.29, 1.82) is 0 Å². The Morgan fingerprint density at radius 3 is 1.85 bits per heavy atom. The first-order valence-corrected chi connectivity index (χ1v) is 22.9. The predicted octanol–water partition coefficient (Wildman–Crippen LogP) is -1.40. The number of aromatic amines is 1. The van der Waals surface area contributed by atoms with Crippen molar-refractivity contribution in [2.45, 2.75) is 122 Å². The standard InChI is InChI=1S/C45H64N12O9.C2H4O2.H2O/c1-25(2)36(55-38(59)31(46)12-8-18-50-45(47)48)41(62)52-32(20-28-14-16-30(58)17-15-28)39(60)56-37(26(3)4)42(63)53-33(22-29-23-49-24-51-29)43(64)57-19-9-13-35(57)40(61)54-34(44(65)66)21-27-10-6-5-7-11-27;1-2(3)4;/h5-7,10-11,14-17,23-26,31-37,58H,8-9,12-13,18-22,46H2,1-4H3,(H,49,51)(H,52,62)(H,53,63)(H,54,61)(H,55,59)(H,56,60)(H,65,66)(H4,47,48,50);1H3,(H,3,4);1H2/t31-,32-,33-,34-,35-,36-,37-;;/m0../s1. The summed E-state index contributed by atoms with van der Waals surface area (Å²) in [5, 5.41) is 40.8. The molecule has 71 heavy (non-hydrogen) atoms. The molecule has 390 valence electrons. The van der Waals surface area contributed by atoms with Crippen molar-refractivity contribution in [2.24, 2.45) is 34.0 Å². The van der Waals surface area contributed by atoms with E-state index in [0.29, 0.717) is 29.7 Å². The lowest BCUT2D eigenvalue weighted by molar-refractivity contribution is -0.145. The number of aliphatic imine (C=N–C) groups is 1. The molecule has 1 aliphatic heterocycles. The molecule has 2 aromatic carbocycles. The molecule has 0 unspecified atom stereocenters. The fourth-order valence-electron chi connectivity index (χ4n) is 7.47. The highest BCUT2D eigenvalue weighted by Crippen LogP contribution is 2.21. The topological polar surface area (TPSA) is 411 Å². The number of phenols is 1. The summed E-state index contributed by atoms with van der Waals surface area (Å²) in [5.41, 5.74) is 18.6. The zero-order valence-electron chi connectivity index (χ0n) is 40.6. The molecule has 17 N–H and O–H groups in total. The number of carboxylic acid groups (broad SMARTS) is 2. The number of imidazole rings is 1. The molecular formula is C47H70N12O12. The predicted molar refractivity (Wildman–Crippen MR) is 261 cm³/mol. The number of aromatic hydroxyl groups is 1. The number of rotatable bonds is 24. The number of carboxylic acids is 2. The van der Waals surface area contributed by atoms with Gasteiger partial charge in [0, 0.05) is 51.2 Å². The number of hydrogen-bond donors (Lipinski definition) is 12. The van der Waals surface area contributed by atoms with Gasteiger partial charge >= 0.3 is 5.97 Å². The fourth-order valence-corrected chi connectivity index (χ4v) is 7.47. The van der Waals surface area contributed by atoms with E-state index in [1.807, 2.05) is 0 Å². The van der Waals surface area contributed by atoms with Gasteiger partial charge in [-0.1, -0.05) is 70.2 Å². The van der Waals surface area contributed by atoms with Gasteiger partial charge in [-0.05, 0) is 60.8 Å². The normalized spacial score (nSPS) is 15.4. The Morgan fingerprint density at radius 2 is 1.31 bits per heavy atom. The van der Waals surface area contributed by atoms with Gasteiger partial charge in [0.05, 0.1) is 12.4 Å². The van der Waals surface area contributed by atoms with Crippen LogP contribution in [0.15, 0.2) is 72.1 Å². The number of likely N-dealkylation sites (tertiary alicyclic amines) is 1. The van der Waals surface area contributed by atoms with Crippen LogP contribution in [-0.2, 0) is 57.6 Å². The van der Waals surface area contributed by atoms with E-state index in [-0.39, 0.29) is 62.4 Å². The second-order valence-corrected chi connectivity index (χ2v) is 17.6. The minimum atomic E-state index is -1.30. The van der Waals surface area contributed by atoms with Crippen LogP contribution >= 0.6 is 0 Å². The molecule has 1 fully saturated rings. The van der Waals surface area contributed by atoms with E-state index in [0.717, 1.165) is 6.92 Å². The summed E-state index contributed by atoms with van der Waals surface area (Å²) in [6, 6.07) is 6.59. The Labute approximate surface area is 411 Å². The largest absolute Gasteiger partial charge is 0.508 e. The van der Waals surface area contributed by atoms with Gasteiger partial charge in [0.15, 0.2) is 5.96 Å². The van der Waals surface area contributed by atoms with Gasteiger partial charge in [-0.15, -0.1) is 0 Å². The zero-order valence-corrected chi connectivity index (χ0v) is 40.6. The van der Waals surface area contributed by atoms with E-state index in [9.17, 15) is 43.8 Å². The number of guanidine groups is 1. The number of hydrogen-bond acceptors (Lipinski definition) is 12. The molecule has 0 aliphatic carbocycles. The summed E-state index contributed by atoms with van der Waals surface area (Å²) in [5.74, 6) is -7.23. The molecular weight excluding hydrogens is 925 g/mol. The molecule has 0 bridgehead atoms. The van der Waals surface area contributed by atoms with Gasteiger partial charge < -0.3 is 74.5 Å². The monoisotopic (exact) mass is 995 g/mol. The summed E-state index contributed by atoms with van der Waals surface area (Å²) >= 11 is 0. The van der Waals surface area contributed by atoms with E-state index in [1.165, 1.54) is 29.6 Å². The van der Waals surface area contributed by atoms with Crippen molar-refractivity contribution in [3.8, 4) is 5.75 Å².